The maximum Gasteiger partial charge on any atom is 0.228 e. The van der Waals surface area contributed by atoms with Gasteiger partial charge in [-0.25, -0.2) is 9.97 Å². The summed E-state index contributed by atoms with van der Waals surface area (Å²) in [6.45, 7) is 6.45. The van der Waals surface area contributed by atoms with Crippen molar-refractivity contribution in [2.75, 3.05) is 13.1 Å². The van der Waals surface area contributed by atoms with E-state index < -0.39 is 5.41 Å². The Labute approximate surface area is 201 Å². The number of halogens is 3. The number of nitrogens with zero attached hydrogens (tertiary/aromatic N) is 4. The van der Waals surface area contributed by atoms with Gasteiger partial charge in [-0.3, -0.25) is 9.59 Å². The van der Waals surface area contributed by atoms with Crippen LogP contribution < -0.4 is 16.0 Å². The molecular formula is C19H32Cl3N7O2. The van der Waals surface area contributed by atoms with Crippen LogP contribution in [-0.2, 0) is 22.7 Å². The van der Waals surface area contributed by atoms with Gasteiger partial charge in [-0.05, 0) is 26.8 Å². The van der Waals surface area contributed by atoms with Crippen LogP contribution in [0.1, 0.15) is 26.7 Å². The van der Waals surface area contributed by atoms with Gasteiger partial charge in [0.2, 0.25) is 11.8 Å². The standard InChI is InChI=1S/C19H29N7O2.3ClH/c1-15(10-25-7-5-21-13-25)23-17(27)9-19(3-4-20-12-19)18(28)24-16(2)11-26-8-6-22-14-26;;;/h5-8,13-16,20H,3-4,9-12H2,1-2H3,(H,23,27)(H,24,28);3*1H. The van der Waals surface area contributed by atoms with Gasteiger partial charge in [0.1, 0.15) is 0 Å². The van der Waals surface area contributed by atoms with Crippen LogP contribution in [0.4, 0.5) is 0 Å². The Balaban J connectivity index is 0.00000300. The molecular weight excluding hydrogens is 465 g/mol. The van der Waals surface area contributed by atoms with E-state index in [2.05, 4.69) is 25.9 Å². The van der Waals surface area contributed by atoms with Gasteiger partial charge in [-0.2, -0.15) is 0 Å². The zero-order chi connectivity index (χ0) is 20.0. The minimum absolute atomic E-state index is 0. The molecule has 3 atom stereocenters. The number of carbonyl (C=O) groups excluding carboxylic acids is 2. The molecule has 31 heavy (non-hydrogen) atoms. The van der Waals surface area contributed by atoms with Crippen molar-refractivity contribution in [1.82, 2.24) is 35.1 Å². The molecule has 0 bridgehead atoms. The van der Waals surface area contributed by atoms with Gasteiger partial charge in [-0.1, -0.05) is 0 Å². The highest BCUT2D eigenvalue weighted by Gasteiger charge is 2.43. The fourth-order valence-corrected chi connectivity index (χ4v) is 3.69. The minimum atomic E-state index is -0.706. The fourth-order valence-electron chi connectivity index (χ4n) is 3.69. The first-order valence-electron chi connectivity index (χ1n) is 9.69. The van der Waals surface area contributed by atoms with E-state index in [0.29, 0.717) is 26.1 Å². The van der Waals surface area contributed by atoms with Crippen LogP contribution in [0, 0.1) is 5.41 Å². The number of rotatable bonds is 9. The Morgan fingerprint density at radius 3 is 2.00 bits per heavy atom. The maximum absolute atomic E-state index is 13.0. The monoisotopic (exact) mass is 495 g/mol. The molecule has 0 spiro atoms. The van der Waals surface area contributed by atoms with E-state index in [0.717, 1.165) is 6.54 Å². The molecule has 3 heterocycles. The van der Waals surface area contributed by atoms with E-state index in [-0.39, 0.29) is 67.5 Å². The molecule has 3 unspecified atom stereocenters. The lowest BCUT2D eigenvalue weighted by Gasteiger charge is -2.29. The SMILES string of the molecule is CC(Cn1ccnc1)NC(=O)CC1(C(=O)NC(C)Cn2ccnc2)CCNC1.Cl.Cl.Cl. The molecule has 0 aromatic carbocycles. The van der Waals surface area contributed by atoms with E-state index >= 15 is 0 Å². The quantitative estimate of drug-likeness (QED) is 0.487. The van der Waals surface area contributed by atoms with E-state index in [1.807, 2.05) is 35.4 Å². The molecule has 1 fully saturated rings. The fraction of sp³-hybridized carbons (Fsp3) is 0.579. The average molecular weight is 497 g/mol. The lowest BCUT2D eigenvalue weighted by molar-refractivity contribution is -0.136. The third-order valence-corrected chi connectivity index (χ3v) is 5.10. The van der Waals surface area contributed by atoms with Crippen LogP contribution in [0.25, 0.3) is 0 Å². The van der Waals surface area contributed by atoms with Crippen molar-refractivity contribution in [2.24, 2.45) is 5.41 Å². The number of carbonyl (C=O) groups is 2. The Bertz CT molecular complexity index is 766. The first kappa shape index (κ1) is 29.2. The lowest BCUT2D eigenvalue weighted by atomic mass is 9.82. The zero-order valence-corrected chi connectivity index (χ0v) is 20.1. The topological polar surface area (TPSA) is 106 Å². The second-order valence-corrected chi connectivity index (χ2v) is 7.75. The Hall–Kier alpha value is -1.81. The molecule has 3 N–H and O–H groups in total. The van der Waals surface area contributed by atoms with Gasteiger partial charge >= 0.3 is 0 Å². The second kappa shape index (κ2) is 13.6. The predicted octanol–water partition coefficient (Wildman–Crippen LogP) is 1.42. The lowest BCUT2D eigenvalue weighted by Crippen LogP contribution is -2.49. The van der Waals surface area contributed by atoms with Gasteiger partial charge < -0.3 is 25.1 Å². The summed E-state index contributed by atoms with van der Waals surface area (Å²) in [7, 11) is 0. The highest BCUT2D eigenvalue weighted by molar-refractivity contribution is 5.89. The zero-order valence-electron chi connectivity index (χ0n) is 17.7. The Kier molecular flexibility index (Phi) is 12.8. The van der Waals surface area contributed by atoms with E-state index in [1.54, 1.807) is 25.0 Å². The number of hydrogen-bond donors (Lipinski definition) is 3. The smallest absolute Gasteiger partial charge is 0.228 e. The molecule has 0 radical (unpaired) electrons. The average Bonchev–Trinajstić information content (AvgIpc) is 3.37. The molecule has 1 saturated heterocycles. The molecule has 2 aromatic rings. The van der Waals surface area contributed by atoms with E-state index in [4.69, 9.17) is 0 Å². The molecule has 3 rings (SSSR count). The van der Waals surface area contributed by atoms with E-state index in [9.17, 15) is 9.59 Å². The van der Waals surface area contributed by atoms with Crippen molar-refractivity contribution in [1.29, 1.82) is 0 Å². The third kappa shape index (κ3) is 8.33. The minimum Gasteiger partial charge on any atom is -0.352 e. The molecule has 2 amide bonds. The summed E-state index contributed by atoms with van der Waals surface area (Å²) in [5.74, 6) is -0.170. The van der Waals surface area contributed by atoms with Crippen molar-refractivity contribution >= 4 is 49.0 Å². The molecule has 9 nitrogen and oxygen atoms in total. The number of amides is 2. The first-order valence-corrected chi connectivity index (χ1v) is 9.69. The Morgan fingerprint density at radius 2 is 1.55 bits per heavy atom. The predicted molar refractivity (Wildman–Crippen MR) is 126 cm³/mol. The van der Waals surface area contributed by atoms with Crippen molar-refractivity contribution < 1.29 is 9.59 Å². The molecule has 2 aromatic heterocycles. The van der Waals surface area contributed by atoms with Gasteiger partial charge in [0.05, 0.1) is 18.1 Å². The summed E-state index contributed by atoms with van der Waals surface area (Å²) in [4.78, 5) is 33.7. The number of nitrogens with one attached hydrogen (secondary N) is 3. The summed E-state index contributed by atoms with van der Waals surface area (Å²) < 4.78 is 3.84. The summed E-state index contributed by atoms with van der Waals surface area (Å²) in [6.07, 6.45) is 11.4. The van der Waals surface area contributed by atoms with Gasteiger partial charge in [0.25, 0.3) is 0 Å². The molecule has 1 aliphatic rings. The maximum atomic E-state index is 13.0. The van der Waals surface area contributed by atoms with Crippen LogP contribution in [0.15, 0.2) is 37.4 Å². The second-order valence-electron chi connectivity index (χ2n) is 7.75. The van der Waals surface area contributed by atoms with Crippen LogP contribution >= 0.6 is 37.2 Å². The summed E-state index contributed by atoms with van der Waals surface area (Å²) in [5, 5.41) is 9.32. The van der Waals surface area contributed by atoms with Gasteiger partial charge in [-0.15, -0.1) is 37.2 Å². The molecule has 1 aliphatic heterocycles. The highest BCUT2D eigenvalue weighted by atomic mass is 35.5. The van der Waals surface area contributed by atoms with Crippen molar-refractivity contribution in [3.8, 4) is 0 Å². The van der Waals surface area contributed by atoms with Crippen LogP contribution in [0.2, 0.25) is 0 Å². The Morgan fingerprint density at radius 1 is 1.00 bits per heavy atom. The molecule has 176 valence electrons. The largest absolute Gasteiger partial charge is 0.352 e. The third-order valence-electron chi connectivity index (χ3n) is 5.10. The van der Waals surface area contributed by atoms with Crippen LogP contribution in [-0.4, -0.2) is 56.1 Å². The van der Waals surface area contributed by atoms with E-state index in [1.165, 1.54) is 0 Å². The van der Waals surface area contributed by atoms with Crippen molar-refractivity contribution in [3.63, 3.8) is 0 Å². The number of hydrogen-bond acceptors (Lipinski definition) is 5. The van der Waals surface area contributed by atoms with Crippen molar-refractivity contribution in [2.45, 2.75) is 51.9 Å². The van der Waals surface area contributed by atoms with Crippen LogP contribution in [0.5, 0.6) is 0 Å². The van der Waals surface area contributed by atoms with Crippen LogP contribution in [0.3, 0.4) is 0 Å². The first-order chi connectivity index (χ1) is 13.5. The molecule has 0 aliphatic carbocycles. The highest BCUT2D eigenvalue weighted by Crippen LogP contribution is 2.30. The number of aromatic nitrogens is 4. The summed E-state index contributed by atoms with van der Waals surface area (Å²) >= 11 is 0. The van der Waals surface area contributed by atoms with Crippen molar-refractivity contribution in [3.05, 3.63) is 37.4 Å². The molecule has 0 saturated carbocycles. The summed E-state index contributed by atoms with van der Waals surface area (Å²) in [5.41, 5.74) is -0.706. The normalized spacial score (nSPS) is 19.2. The van der Waals surface area contributed by atoms with Gasteiger partial charge in [0.15, 0.2) is 0 Å². The number of imidazole rings is 2. The summed E-state index contributed by atoms with van der Waals surface area (Å²) in [6, 6.07) is -0.0984. The van der Waals surface area contributed by atoms with Gasteiger partial charge in [0, 0.05) is 62.9 Å². The molecule has 12 heteroatoms.